The van der Waals surface area contributed by atoms with Gasteiger partial charge in [0.2, 0.25) is 0 Å². The lowest BCUT2D eigenvalue weighted by Crippen LogP contribution is -3.15. The molecule has 1 aromatic carbocycles. The van der Waals surface area contributed by atoms with Crippen molar-refractivity contribution in [3.05, 3.63) is 36.2 Å². The summed E-state index contributed by atoms with van der Waals surface area (Å²) < 4.78 is 5.72. The first kappa shape index (κ1) is 15.5. The van der Waals surface area contributed by atoms with Crippen LogP contribution in [0.25, 0.3) is 11.0 Å². The number of fused-ring (bicyclic) bond motifs is 1. The minimum atomic E-state index is -0.00980. The Morgan fingerprint density at radius 1 is 1.25 bits per heavy atom. The van der Waals surface area contributed by atoms with Crippen LogP contribution in [0.2, 0.25) is 0 Å². The zero-order valence-corrected chi connectivity index (χ0v) is 13.8. The predicted molar refractivity (Wildman–Crippen MR) is 90.0 cm³/mol. The van der Waals surface area contributed by atoms with Crippen LogP contribution in [0.15, 0.2) is 30.5 Å². The molecule has 2 fully saturated rings. The molecule has 2 aliphatic rings. The van der Waals surface area contributed by atoms with Gasteiger partial charge in [0.15, 0.2) is 0 Å². The second-order valence-electron chi connectivity index (χ2n) is 6.63. The maximum Gasteiger partial charge on any atom is 0.274 e. The van der Waals surface area contributed by atoms with Gasteiger partial charge in [0.1, 0.15) is 18.3 Å². The topological polar surface area (TPSA) is 59.8 Å². The fourth-order valence-corrected chi connectivity index (χ4v) is 3.58. The Hall–Kier alpha value is -2.05. The number of nitrogens with zero attached hydrogens (tertiary/aromatic N) is 3. The highest BCUT2D eigenvalue weighted by Gasteiger charge is 2.28. The molecule has 3 heterocycles. The van der Waals surface area contributed by atoms with Crippen molar-refractivity contribution in [3.63, 3.8) is 0 Å². The highest BCUT2D eigenvalue weighted by Crippen LogP contribution is 2.11. The summed E-state index contributed by atoms with van der Waals surface area (Å²) in [6, 6.07) is 7.64. The van der Waals surface area contributed by atoms with E-state index in [9.17, 15) is 4.79 Å². The normalized spacial score (nSPS) is 22.2. The van der Waals surface area contributed by atoms with E-state index in [1.165, 1.54) is 17.7 Å². The lowest BCUT2D eigenvalue weighted by molar-refractivity contribution is -0.906. The Labute approximate surface area is 141 Å². The highest BCUT2D eigenvalue weighted by atomic mass is 16.5. The van der Waals surface area contributed by atoms with E-state index in [1.54, 1.807) is 6.20 Å². The molecule has 0 spiro atoms. The van der Waals surface area contributed by atoms with Crippen LogP contribution in [0.5, 0.6) is 0 Å². The monoisotopic (exact) mass is 327 g/mol. The fraction of sp³-hybridized carbons (Fsp3) is 0.500. The Morgan fingerprint density at radius 3 is 2.79 bits per heavy atom. The summed E-state index contributed by atoms with van der Waals surface area (Å²) in [4.78, 5) is 24.9. The van der Waals surface area contributed by atoms with Gasteiger partial charge in [-0.15, -0.1) is 0 Å². The van der Waals surface area contributed by atoms with E-state index in [-0.39, 0.29) is 5.91 Å². The number of ether oxygens (including phenoxy) is 1. The van der Waals surface area contributed by atoms with E-state index < -0.39 is 0 Å². The molecular formula is C18H23N4O2+. The second-order valence-corrected chi connectivity index (χ2v) is 6.63. The maximum atomic E-state index is 12.7. The molecule has 6 nitrogen and oxygen atoms in total. The summed E-state index contributed by atoms with van der Waals surface area (Å²) in [7, 11) is 0. The molecule has 2 aromatic rings. The number of para-hydroxylation sites is 2. The van der Waals surface area contributed by atoms with Gasteiger partial charge in [-0.25, -0.2) is 4.98 Å². The largest absolute Gasteiger partial charge is 0.372 e. The Bertz CT molecular complexity index is 722. The molecule has 0 aliphatic carbocycles. The van der Waals surface area contributed by atoms with Crippen LogP contribution in [0.3, 0.4) is 0 Å². The lowest BCUT2D eigenvalue weighted by atomic mass is 10.2. The molecule has 2 aliphatic heterocycles. The molecule has 2 saturated heterocycles. The molecule has 126 valence electrons. The lowest BCUT2D eigenvalue weighted by Gasteiger charge is -2.33. The molecule has 4 rings (SSSR count). The molecule has 1 atom stereocenters. The molecule has 1 aromatic heterocycles. The molecular weight excluding hydrogens is 304 g/mol. The zero-order valence-electron chi connectivity index (χ0n) is 13.8. The summed E-state index contributed by atoms with van der Waals surface area (Å²) in [5.74, 6) is -0.00980. The molecule has 0 saturated carbocycles. The summed E-state index contributed by atoms with van der Waals surface area (Å²) >= 11 is 0. The van der Waals surface area contributed by atoms with Crippen molar-refractivity contribution in [1.29, 1.82) is 0 Å². The van der Waals surface area contributed by atoms with Crippen molar-refractivity contribution in [2.45, 2.75) is 18.9 Å². The predicted octanol–water partition coefficient (Wildman–Crippen LogP) is 0.150. The van der Waals surface area contributed by atoms with Gasteiger partial charge in [0.25, 0.3) is 5.91 Å². The van der Waals surface area contributed by atoms with Gasteiger partial charge >= 0.3 is 0 Å². The minimum Gasteiger partial charge on any atom is -0.372 e. The van der Waals surface area contributed by atoms with E-state index in [2.05, 4.69) is 9.97 Å². The van der Waals surface area contributed by atoms with Crippen LogP contribution in [0.1, 0.15) is 23.3 Å². The molecule has 1 N–H and O–H groups in total. The first-order valence-electron chi connectivity index (χ1n) is 8.76. The van der Waals surface area contributed by atoms with Gasteiger partial charge in [-0.1, -0.05) is 12.1 Å². The summed E-state index contributed by atoms with van der Waals surface area (Å²) in [6.45, 7) is 5.48. The molecule has 0 bridgehead atoms. The third-order valence-electron chi connectivity index (χ3n) is 4.97. The number of quaternary nitrogens is 1. The van der Waals surface area contributed by atoms with E-state index >= 15 is 0 Å². The number of benzene rings is 1. The number of carbonyl (C=O) groups excluding carboxylic acids is 1. The number of amides is 1. The SMILES string of the molecule is O=C(c1cnc2ccccc2n1)N1CC[NH+](C[C@H]2CCCO2)CC1. The first-order chi connectivity index (χ1) is 11.8. The number of piperazine rings is 1. The number of hydrogen-bond acceptors (Lipinski definition) is 4. The van der Waals surface area contributed by atoms with Crippen LogP contribution >= 0.6 is 0 Å². The van der Waals surface area contributed by atoms with E-state index in [4.69, 9.17) is 4.74 Å². The number of hydrogen-bond donors (Lipinski definition) is 1. The number of carbonyl (C=O) groups is 1. The second kappa shape index (κ2) is 6.83. The van der Waals surface area contributed by atoms with Crippen molar-refractivity contribution >= 4 is 16.9 Å². The van der Waals surface area contributed by atoms with Crippen molar-refractivity contribution in [1.82, 2.24) is 14.9 Å². The van der Waals surface area contributed by atoms with Crippen LogP contribution in [0, 0.1) is 0 Å². The van der Waals surface area contributed by atoms with Gasteiger partial charge in [-0.2, -0.15) is 0 Å². The highest BCUT2D eigenvalue weighted by molar-refractivity contribution is 5.93. The Morgan fingerprint density at radius 2 is 2.04 bits per heavy atom. The summed E-state index contributed by atoms with van der Waals surface area (Å²) in [5.41, 5.74) is 2.03. The van der Waals surface area contributed by atoms with Crippen molar-refractivity contribution in [3.8, 4) is 0 Å². The van der Waals surface area contributed by atoms with Crippen LogP contribution in [0.4, 0.5) is 0 Å². The zero-order chi connectivity index (χ0) is 16.4. The number of aromatic nitrogens is 2. The third-order valence-corrected chi connectivity index (χ3v) is 4.97. The summed E-state index contributed by atoms with van der Waals surface area (Å²) in [6.07, 6.45) is 4.37. The van der Waals surface area contributed by atoms with Crippen LogP contribution in [-0.4, -0.2) is 66.2 Å². The summed E-state index contributed by atoms with van der Waals surface area (Å²) in [5, 5.41) is 0. The van der Waals surface area contributed by atoms with Crippen molar-refractivity contribution in [2.24, 2.45) is 0 Å². The average Bonchev–Trinajstić information content (AvgIpc) is 3.14. The quantitative estimate of drug-likeness (QED) is 0.872. The van der Waals surface area contributed by atoms with E-state index in [1.807, 2.05) is 29.2 Å². The molecule has 0 radical (unpaired) electrons. The molecule has 1 amide bonds. The molecule has 6 heteroatoms. The standard InChI is InChI=1S/C18H22N4O2/c23-18(17-12-19-15-5-1-2-6-16(15)20-17)22-9-7-21(8-10-22)13-14-4-3-11-24-14/h1-2,5-6,12,14H,3-4,7-11,13H2/p+1/t14-/m1/s1. The van der Waals surface area contributed by atoms with Crippen LogP contribution < -0.4 is 4.90 Å². The van der Waals surface area contributed by atoms with Gasteiger partial charge in [0.05, 0.1) is 43.4 Å². The van der Waals surface area contributed by atoms with Crippen molar-refractivity contribution in [2.75, 3.05) is 39.3 Å². The van der Waals surface area contributed by atoms with Gasteiger partial charge in [0, 0.05) is 6.61 Å². The smallest absolute Gasteiger partial charge is 0.274 e. The molecule has 0 unspecified atom stereocenters. The third kappa shape index (κ3) is 3.25. The van der Waals surface area contributed by atoms with Gasteiger partial charge < -0.3 is 14.5 Å². The number of nitrogens with one attached hydrogen (secondary N) is 1. The Balaban J connectivity index is 1.38. The average molecular weight is 327 g/mol. The van der Waals surface area contributed by atoms with Crippen molar-refractivity contribution < 1.29 is 14.4 Å². The molecule has 24 heavy (non-hydrogen) atoms. The Kier molecular flexibility index (Phi) is 4.40. The minimum absolute atomic E-state index is 0.00980. The van der Waals surface area contributed by atoms with E-state index in [0.29, 0.717) is 11.8 Å². The number of rotatable bonds is 3. The van der Waals surface area contributed by atoms with Gasteiger partial charge in [-0.05, 0) is 25.0 Å². The first-order valence-corrected chi connectivity index (χ1v) is 8.76. The maximum absolute atomic E-state index is 12.7. The van der Waals surface area contributed by atoms with Crippen LogP contribution in [-0.2, 0) is 4.74 Å². The van der Waals surface area contributed by atoms with E-state index in [0.717, 1.165) is 50.4 Å². The van der Waals surface area contributed by atoms with Gasteiger partial charge in [-0.3, -0.25) is 9.78 Å². The fourth-order valence-electron chi connectivity index (χ4n) is 3.58.